The number of carbonyl (C=O) groups excluding carboxylic acids is 1. The fourth-order valence-corrected chi connectivity index (χ4v) is 3.32. The summed E-state index contributed by atoms with van der Waals surface area (Å²) in [5.74, 6) is -4.72. The smallest absolute Gasteiger partial charge is 0.282 e. The highest BCUT2D eigenvalue weighted by molar-refractivity contribution is 6.09. The van der Waals surface area contributed by atoms with E-state index in [4.69, 9.17) is 4.74 Å². The van der Waals surface area contributed by atoms with Crippen molar-refractivity contribution in [3.63, 3.8) is 0 Å². The molecular weight excluding hydrogens is 445 g/mol. The van der Waals surface area contributed by atoms with Crippen LogP contribution in [0.1, 0.15) is 28.0 Å². The lowest BCUT2D eigenvalue weighted by Gasteiger charge is -2.12. The second-order valence-electron chi connectivity index (χ2n) is 7.17. The maximum absolute atomic E-state index is 13.9. The number of aryl methyl sites for hydroxylation is 1. The predicted molar refractivity (Wildman–Crippen MR) is 111 cm³/mol. The molecular formula is C23H16F5N3O2. The zero-order valence-electron chi connectivity index (χ0n) is 17.1. The lowest BCUT2D eigenvalue weighted by molar-refractivity contribution is 0.101. The van der Waals surface area contributed by atoms with Crippen LogP contribution in [0.3, 0.4) is 0 Å². The van der Waals surface area contributed by atoms with Crippen LogP contribution in [0.5, 0.6) is 5.75 Å². The second-order valence-corrected chi connectivity index (χ2v) is 7.17. The Hall–Kier alpha value is -3.95. The average Bonchev–Trinajstić information content (AvgIpc) is 3.19. The summed E-state index contributed by atoms with van der Waals surface area (Å²) >= 11 is 0. The van der Waals surface area contributed by atoms with Crippen LogP contribution < -0.4 is 10.1 Å². The highest BCUT2D eigenvalue weighted by atomic mass is 19.3. The van der Waals surface area contributed by atoms with Crippen molar-refractivity contribution in [2.24, 2.45) is 7.05 Å². The zero-order chi connectivity index (χ0) is 23.7. The monoisotopic (exact) mass is 461 g/mol. The SMILES string of the molecule is Cn1cc(C(=O)Nc2cccc3ccc(OCc4ccc(F)c(F)c4F)cc23)c(C(F)F)n1. The van der Waals surface area contributed by atoms with E-state index in [2.05, 4.69) is 10.4 Å². The molecule has 0 fully saturated rings. The normalized spacial score (nSPS) is 11.2. The number of anilines is 1. The molecule has 170 valence electrons. The molecule has 33 heavy (non-hydrogen) atoms. The van der Waals surface area contributed by atoms with Crippen LogP contribution in [0.4, 0.5) is 27.6 Å². The van der Waals surface area contributed by atoms with Crippen molar-refractivity contribution in [3.8, 4) is 5.75 Å². The zero-order valence-corrected chi connectivity index (χ0v) is 17.1. The third-order valence-electron chi connectivity index (χ3n) is 4.92. The van der Waals surface area contributed by atoms with Crippen molar-refractivity contribution in [1.82, 2.24) is 9.78 Å². The molecule has 0 spiro atoms. The first-order valence-electron chi connectivity index (χ1n) is 9.65. The van der Waals surface area contributed by atoms with E-state index in [-0.39, 0.29) is 23.5 Å². The molecule has 0 aliphatic heterocycles. The standard InChI is InChI=1S/C23H16F5N3O2/c1-31-10-16(21(30-31)22(27)28)23(32)29-18-4-2-3-12-5-7-14(9-15(12)18)33-11-13-6-8-17(24)20(26)19(13)25/h2-10,22H,11H2,1H3,(H,29,32). The summed E-state index contributed by atoms with van der Waals surface area (Å²) in [5, 5.41) is 7.46. The van der Waals surface area contributed by atoms with Crippen LogP contribution in [0, 0.1) is 17.5 Å². The van der Waals surface area contributed by atoms with Crippen molar-refractivity contribution in [2.45, 2.75) is 13.0 Å². The van der Waals surface area contributed by atoms with Gasteiger partial charge in [0.15, 0.2) is 17.5 Å². The third-order valence-corrected chi connectivity index (χ3v) is 4.92. The minimum atomic E-state index is -2.92. The Labute approximate surface area is 184 Å². The summed E-state index contributed by atoms with van der Waals surface area (Å²) in [4.78, 5) is 12.7. The molecule has 0 saturated heterocycles. The molecule has 1 amide bonds. The summed E-state index contributed by atoms with van der Waals surface area (Å²) < 4.78 is 73.5. The van der Waals surface area contributed by atoms with Gasteiger partial charge in [0.05, 0.1) is 5.56 Å². The number of nitrogens with zero attached hydrogens (tertiary/aromatic N) is 2. The van der Waals surface area contributed by atoms with Gasteiger partial charge < -0.3 is 10.1 Å². The van der Waals surface area contributed by atoms with Crippen molar-refractivity contribution < 1.29 is 31.5 Å². The third kappa shape index (κ3) is 4.50. The van der Waals surface area contributed by atoms with Crippen LogP contribution in [0.25, 0.3) is 10.8 Å². The minimum Gasteiger partial charge on any atom is -0.489 e. The second kappa shape index (κ2) is 8.89. The van der Waals surface area contributed by atoms with E-state index < -0.39 is 35.5 Å². The molecule has 4 rings (SSSR count). The quantitative estimate of drug-likeness (QED) is 0.294. The van der Waals surface area contributed by atoms with Gasteiger partial charge in [-0.1, -0.05) is 18.2 Å². The summed E-state index contributed by atoms with van der Waals surface area (Å²) in [5.41, 5.74) is -0.740. The molecule has 1 aromatic heterocycles. The van der Waals surface area contributed by atoms with E-state index in [1.807, 2.05) is 0 Å². The maximum Gasteiger partial charge on any atom is 0.282 e. The lowest BCUT2D eigenvalue weighted by atomic mass is 10.1. The van der Waals surface area contributed by atoms with Crippen LogP contribution >= 0.6 is 0 Å². The number of fused-ring (bicyclic) bond motifs is 1. The lowest BCUT2D eigenvalue weighted by Crippen LogP contribution is -2.13. The molecule has 0 saturated carbocycles. The fourth-order valence-electron chi connectivity index (χ4n) is 3.32. The molecule has 4 aromatic rings. The highest BCUT2D eigenvalue weighted by Crippen LogP contribution is 2.29. The number of aromatic nitrogens is 2. The Bertz CT molecular complexity index is 1350. The van der Waals surface area contributed by atoms with Gasteiger partial charge in [-0.2, -0.15) is 5.10 Å². The van der Waals surface area contributed by atoms with Crippen LogP contribution in [-0.4, -0.2) is 15.7 Å². The van der Waals surface area contributed by atoms with Gasteiger partial charge in [0.1, 0.15) is 18.1 Å². The van der Waals surface area contributed by atoms with Gasteiger partial charge in [-0.15, -0.1) is 0 Å². The van der Waals surface area contributed by atoms with E-state index in [9.17, 15) is 26.7 Å². The molecule has 0 atom stereocenters. The summed E-state index contributed by atoms with van der Waals surface area (Å²) in [6.07, 6.45) is -1.72. The molecule has 0 unspecified atom stereocenters. The van der Waals surface area contributed by atoms with Crippen LogP contribution in [-0.2, 0) is 13.7 Å². The molecule has 0 bridgehead atoms. The van der Waals surface area contributed by atoms with Crippen molar-refractivity contribution in [1.29, 1.82) is 0 Å². The van der Waals surface area contributed by atoms with Gasteiger partial charge in [-0.25, -0.2) is 22.0 Å². The maximum atomic E-state index is 13.9. The van der Waals surface area contributed by atoms with Crippen molar-refractivity contribution >= 4 is 22.4 Å². The number of benzene rings is 3. The van der Waals surface area contributed by atoms with E-state index in [0.717, 1.165) is 16.8 Å². The minimum absolute atomic E-state index is 0.174. The Morgan fingerprint density at radius 3 is 2.64 bits per heavy atom. The largest absolute Gasteiger partial charge is 0.489 e. The van der Waals surface area contributed by atoms with Crippen LogP contribution in [0.15, 0.2) is 54.7 Å². The van der Waals surface area contributed by atoms with Gasteiger partial charge in [0, 0.05) is 29.9 Å². The van der Waals surface area contributed by atoms with Crippen LogP contribution in [0.2, 0.25) is 0 Å². The molecule has 1 N–H and O–H groups in total. The number of alkyl halides is 2. The first kappa shape index (κ1) is 22.3. The first-order valence-corrected chi connectivity index (χ1v) is 9.65. The summed E-state index contributed by atoms with van der Waals surface area (Å²) in [7, 11) is 1.43. The number of ether oxygens (including phenoxy) is 1. The number of hydrogen-bond donors (Lipinski definition) is 1. The van der Waals surface area contributed by atoms with Crippen molar-refractivity contribution in [3.05, 3.63) is 89.0 Å². The van der Waals surface area contributed by atoms with E-state index >= 15 is 0 Å². The number of carbonyl (C=O) groups is 1. The fraction of sp³-hybridized carbons (Fsp3) is 0.130. The van der Waals surface area contributed by atoms with E-state index in [1.165, 1.54) is 13.2 Å². The molecule has 10 heteroatoms. The van der Waals surface area contributed by atoms with Gasteiger partial charge in [-0.05, 0) is 35.7 Å². The molecule has 0 aliphatic rings. The summed E-state index contributed by atoms with van der Waals surface area (Å²) in [6, 6.07) is 11.7. The number of halogens is 5. The summed E-state index contributed by atoms with van der Waals surface area (Å²) in [6.45, 7) is -0.365. The number of nitrogens with one attached hydrogen (secondary N) is 1. The topological polar surface area (TPSA) is 56.2 Å². The Balaban J connectivity index is 1.60. The predicted octanol–water partition coefficient (Wildman–Crippen LogP) is 5.76. The van der Waals surface area contributed by atoms with Gasteiger partial charge in [-0.3, -0.25) is 9.48 Å². The first-order chi connectivity index (χ1) is 15.7. The highest BCUT2D eigenvalue weighted by Gasteiger charge is 2.23. The van der Waals surface area contributed by atoms with E-state index in [0.29, 0.717) is 16.5 Å². The number of rotatable bonds is 6. The van der Waals surface area contributed by atoms with Gasteiger partial charge in [0.25, 0.3) is 12.3 Å². The Morgan fingerprint density at radius 2 is 1.88 bits per heavy atom. The molecule has 5 nitrogen and oxygen atoms in total. The number of amides is 1. The van der Waals surface area contributed by atoms with Crippen molar-refractivity contribution in [2.75, 3.05) is 5.32 Å². The molecule has 0 aliphatic carbocycles. The molecule has 0 radical (unpaired) electrons. The molecule has 1 heterocycles. The Morgan fingerprint density at radius 1 is 1.09 bits per heavy atom. The number of hydrogen-bond acceptors (Lipinski definition) is 3. The molecule has 3 aromatic carbocycles. The van der Waals surface area contributed by atoms with Gasteiger partial charge >= 0.3 is 0 Å². The Kier molecular flexibility index (Phi) is 5.99. The van der Waals surface area contributed by atoms with E-state index in [1.54, 1.807) is 36.4 Å². The average molecular weight is 461 g/mol. The van der Waals surface area contributed by atoms with Gasteiger partial charge in [0.2, 0.25) is 0 Å².